The van der Waals surface area contributed by atoms with Crippen molar-refractivity contribution in [3.63, 3.8) is 0 Å². The molecule has 1 aromatic heterocycles. The topological polar surface area (TPSA) is 39.1 Å². The molecule has 0 atom stereocenters. The third-order valence-corrected chi connectivity index (χ3v) is 3.24. The second kappa shape index (κ2) is 7.10. The summed E-state index contributed by atoms with van der Waals surface area (Å²) in [6.45, 7) is 6.50. The Balaban J connectivity index is 2.04. The van der Waals surface area contributed by atoms with E-state index in [0.717, 1.165) is 36.6 Å². The fraction of sp³-hybridized carbons (Fsp3) is 0.438. The van der Waals surface area contributed by atoms with Gasteiger partial charge in [-0.25, -0.2) is 0 Å². The lowest BCUT2D eigenvalue weighted by Crippen LogP contribution is -2.07. The predicted molar refractivity (Wildman–Crippen MR) is 80.8 cm³/mol. The number of benzene rings is 1. The number of rotatable bonds is 7. The Morgan fingerprint density at radius 1 is 1.25 bits per heavy atom. The van der Waals surface area contributed by atoms with Crippen molar-refractivity contribution in [1.29, 1.82) is 0 Å². The van der Waals surface area contributed by atoms with E-state index in [1.54, 1.807) is 0 Å². The molecule has 108 valence electrons. The number of ether oxygens (including phenoxy) is 1. The van der Waals surface area contributed by atoms with E-state index >= 15 is 0 Å². The maximum atomic E-state index is 5.89. The van der Waals surface area contributed by atoms with Gasteiger partial charge in [0.1, 0.15) is 12.4 Å². The molecule has 0 aliphatic heterocycles. The molecule has 0 radical (unpaired) electrons. The van der Waals surface area contributed by atoms with Gasteiger partial charge >= 0.3 is 0 Å². The van der Waals surface area contributed by atoms with Crippen LogP contribution in [0.1, 0.15) is 30.8 Å². The monoisotopic (exact) mass is 273 g/mol. The smallest absolute Gasteiger partial charge is 0.130 e. The van der Waals surface area contributed by atoms with Gasteiger partial charge in [-0.05, 0) is 44.2 Å². The van der Waals surface area contributed by atoms with Crippen LogP contribution in [0, 0.1) is 0 Å². The van der Waals surface area contributed by atoms with Gasteiger partial charge in [-0.2, -0.15) is 5.10 Å². The molecule has 0 bridgehead atoms. The van der Waals surface area contributed by atoms with Crippen LogP contribution in [0.4, 0.5) is 0 Å². The van der Waals surface area contributed by atoms with Gasteiger partial charge in [-0.1, -0.05) is 19.1 Å². The van der Waals surface area contributed by atoms with Crippen molar-refractivity contribution in [3.8, 4) is 5.75 Å². The standard InChI is InChI=1S/C16H23N3O/c1-4-14-10-15(19(5-2)18-14)12-20-16-8-6-7-13(9-16)11-17-3/h6-10,17H,4-5,11-12H2,1-3H3. The van der Waals surface area contributed by atoms with Gasteiger partial charge < -0.3 is 10.1 Å². The van der Waals surface area contributed by atoms with Crippen molar-refractivity contribution < 1.29 is 4.74 Å². The molecule has 0 amide bonds. The SMILES string of the molecule is CCc1cc(COc2cccc(CNC)c2)n(CC)n1. The first kappa shape index (κ1) is 14.6. The van der Waals surface area contributed by atoms with E-state index in [9.17, 15) is 0 Å². The maximum Gasteiger partial charge on any atom is 0.130 e. The lowest BCUT2D eigenvalue weighted by atomic mass is 10.2. The van der Waals surface area contributed by atoms with Crippen molar-refractivity contribution in [2.75, 3.05) is 7.05 Å². The van der Waals surface area contributed by atoms with Crippen LogP contribution in [0.3, 0.4) is 0 Å². The Bertz CT molecular complexity index is 548. The summed E-state index contributed by atoms with van der Waals surface area (Å²) >= 11 is 0. The molecule has 2 aromatic rings. The summed E-state index contributed by atoms with van der Waals surface area (Å²) in [6, 6.07) is 10.3. The second-order valence-electron chi connectivity index (χ2n) is 4.76. The van der Waals surface area contributed by atoms with E-state index in [-0.39, 0.29) is 0 Å². The summed E-state index contributed by atoms with van der Waals surface area (Å²) in [4.78, 5) is 0. The van der Waals surface area contributed by atoms with E-state index in [4.69, 9.17) is 4.74 Å². The first-order valence-electron chi connectivity index (χ1n) is 7.18. The Kier molecular flexibility index (Phi) is 5.18. The van der Waals surface area contributed by atoms with Crippen LogP contribution in [-0.2, 0) is 26.1 Å². The minimum atomic E-state index is 0.559. The Labute approximate surface area is 120 Å². The predicted octanol–water partition coefficient (Wildman–Crippen LogP) is 2.76. The zero-order valence-corrected chi connectivity index (χ0v) is 12.5. The van der Waals surface area contributed by atoms with Gasteiger partial charge in [0.05, 0.1) is 11.4 Å². The van der Waals surface area contributed by atoms with Crippen molar-refractivity contribution in [1.82, 2.24) is 15.1 Å². The van der Waals surface area contributed by atoms with E-state index < -0.39 is 0 Å². The molecule has 0 fully saturated rings. The first-order chi connectivity index (χ1) is 9.76. The summed E-state index contributed by atoms with van der Waals surface area (Å²) in [5.74, 6) is 0.902. The van der Waals surface area contributed by atoms with E-state index in [1.165, 1.54) is 5.56 Å². The number of aromatic nitrogens is 2. The van der Waals surface area contributed by atoms with Crippen LogP contribution in [0.2, 0.25) is 0 Å². The minimum absolute atomic E-state index is 0.559. The van der Waals surface area contributed by atoms with Crippen LogP contribution in [0.5, 0.6) is 5.75 Å². The molecule has 1 aromatic carbocycles. The van der Waals surface area contributed by atoms with E-state index in [1.807, 2.05) is 23.9 Å². The highest BCUT2D eigenvalue weighted by atomic mass is 16.5. The van der Waals surface area contributed by atoms with Crippen molar-refractivity contribution in [2.45, 2.75) is 40.0 Å². The highest BCUT2D eigenvalue weighted by Gasteiger charge is 2.06. The molecular formula is C16H23N3O. The average Bonchev–Trinajstić information content (AvgIpc) is 2.88. The first-order valence-corrected chi connectivity index (χ1v) is 7.18. The highest BCUT2D eigenvalue weighted by Crippen LogP contribution is 2.16. The molecule has 4 nitrogen and oxygen atoms in total. The molecule has 1 N–H and O–H groups in total. The molecule has 20 heavy (non-hydrogen) atoms. The second-order valence-corrected chi connectivity index (χ2v) is 4.76. The summed E-state index contributed by atoms with van der Waals surface area (Å²) < 4.78 is 7.90. The van der Waals surface area contributed by atoms with Crippen LogP contribution >= 0.6 is 0 Å². The Morgan fingerprint density at radius 2 is 2.10 bits per heavy atom. The lowest BCUT2D eigenvalue weighted by molar-refractivity contribution is 0.292. The van der Waals surface area contributed by atoms with Crippen molar-refractivity contribution in [3.05, 3.63) is 47.3 Å². The summed E-state index contributed by atoms with van der Waals surface area (Å²) in [5.41, 5.74) is 3.47. The van der Waals surface area contributed by atoms with Gasteiger partial charge in [0, 0.05) is 13.1 Å². The molecule has 0 saturated heterocycles. The quantitative estimate of drug-likeness (QED) is 0.843. The number of aryl methyl sites for hydroxylation is 2. The van der Waals surface area contributed by atoms with Crippen molar-refractivity contribution in [2.24, 2.45) is 0 Å². The minimum Gasteiger partial charge on any atom is -0.487 e. The fourth-order valence-corrected chi connectivity index (χ4v) is 2.18. The number of nitrogens with one attached hydrogen (secondary N) is 1. The Morgan fingerprint density at radius 3 is 2.80 bits per heavy atom. The third-order valence-electron chi connectivity index (χ3n) is 3.24. The molecule has 2 rings (SSSR count). The Hall–Kier alpha value is -1.81. The number of hydrogen-bond donors (Lipinski definition) is 1. The van der Waals surface area contributed by atoms with Gasteiger partial charge in [0.15, 0.2) is 0 Å². The zero-order valence-electron chi connectivity index (χ0n) is 12.5. The van der Waals surface area contributed by atoms with Crippen LogP contribution in [0.25, 0.3) is 0 Å². The van der Waals surface area contributed by atoms with Gasteiger partial charge in [0.2, 0.25) is 0 Å². The normalized spacial score (nSPS) is 10.8. The van der Waals surface area contributed by atoms with Crippen LogP contribution in [-0.4, -0.2) is 16.8 Å². The molecule has 0 aliphatic rings. The number of hydrogen-bond acceptors (Lipinski definition) is 3. The van der Waals surface area contributed by atoms with E-state index in [2.05, 4.69) is 42.5 Å². The highest BCUT2D eigenvalue weighted by molar-refractivity contribution is 5.28. The average molecular weight is 273 g/mol. The largest absolute Gasteiger partial charge is 0.487 e. The summed E-state index contributed by atoms with van der Waals surface area (Å²) in [6.07, 6.45) is 0.956. The fourth-order valence-electron chi connectivity index (χ4n) is 2.18. The number of nitrogens with zero attached hydrogens (tertiary/aromatic N) is 2. The third kappa shape index (κ3) is 3.61. The van der Waals surface area contributed by atoms with Gasteiger partial charge in [-0.15, -0.1) is 0 Å². The molecule has 4 heteroatoms. The molecule has 0 aliphatic carbocycles. The lowest BCUT2D eigenvalue weighted by Gasteiger charge is -2.09. The van der Waals surface area contributed by atoms with Gasteiger partial charge in [0.25, 0.3) is 0 Å². The summed E-state index contributed by atoms with van der Waals surface area (Å²) in [7, 11) is 1.94. The molecule has 0 unspecified atom stereocenters. The maximum absolute atomic E-state index is 5.89. The van der Waals surface area contributed by atoms with Crippen LogP contribution in [0.15, 0.2) is 30.3 Å². The molecule has 0 spiro atoms. The van der Waals surface area contributed by atoms with Crippen LogP contribution < -0.4 is 10.1 Å². The van der Waals surface area contributed by atoms with Gasteiger partial charge in [-0.3, -0.25) is 4.68 Å². The van der Waals surface area contributed by atoms with Crippen molar-refractivity contribution >= 4 is 0 Å². The molecule has 0 saturated carbocycles. The molecule has 1 heterocycles. The van der Waals surface area contributed by atoms with E-state index in [0.29, 0.717) is 6.61 Å². The summed E-state index contributed by atoms with van der Waals surface area (Å²) in [5, 5.41) is 7.68. The molecular weight excluding hydrogens is 250 g/mol. The zero-order chi connectivity index (χ0) is 14.4.